The number of aliphatic imine (C=N–C) groups is 1. The molecule has 4 aromatic rings. The lowest BCUT2D eigenvalue weighted by Gasteiger charge is -2.42. The van der Waals surface area contributed by atoms with Crippen LogP contribution < -0.4 is 5.73 Å². The fourth-order valence-corrected chi connectivity index (χ4v) is 6.64. The number of nitrogens with one attached hydrogen (secondary N) is 1. The van der Waals surface area contributed by atoms with E-state index in [1.165, 1.54) is 28.5 Å². The molecule has 1 fully saturated rings. The minimum absolute atomic E-state index is 0.0836. The summed E-state index contributed by atoms with van der Waals surface area (Å²) in [7, 11) is 0. The number of benzene rings is 2. The van der Waals surface area contributed by atoms with Crippen molar-refractivity contribution in [3.8, 4) is 28.6 Å². The van der Waals surface area contributed by atoms with Crippen LogP contribution in [0.2, 0.25) is 5.02 Å². The minimum atomic E-state index is -2.78. The van der Waals surface area contributed by atoms with Crippen LogP contribution in [0.5, 0.6) is 0 Å². The summed E-state index contributed by atoms with van der Waals surface area (Å²) in [5.74, 6) is -0.138. The van der Waals surface area contributed by atoms with Crippen LogP contribution in [0.4, 0.5) is 13.6 Å². The Kier molecular flexibility index (Phi) is 8.85. The standard InChI is InChI=1S/C34H35ClF2N10O3/c1-32(2,3)15-34(23-8-5-20(6-9-23)22-12-42-46(13-22)29(36)37)28(48)47(30(39)43-34)26(14-50-31(49)45-17-33(4,16-38)18-45)21-7-10-25(35)24(11-21)27-40-19-41-44-27/h5-13,19,26,29H,14-15,17-18H2,1-4H3,(H2,39,43)(H,40,41,44)/t26-,34-/m1/s1. The van der Waals surface area contributed by atoms with E-state index in [0.29, 0.717) is 43.3 Å². The largest absolute Gasteiger partial charge is 0.447 e. The van der Waals surface area contributed by atoms with Gasteiger partial charge in [0.05, 0.1) is 28.7 Å². The van der Waals surface area contributed by atoms with Crippen LogP contribution in [0.25, 0.3) is 22.5 Å². The molecule has 2 aromatic carbocycles. The molecule has 3 N–H and O–H groups in total. The van der Waals surface area contributed by atoms with Gasteiger partial charge in [0.25, 0.3) is 5.91 Å². The van der Waals surface area contributed by atoms with Crippen molar-refractivity contribution in [2.24, 2.45) is 21.6 Å². The van der Waals surface area contributed by atoms with Crippen molar-refractivity contribution >= 4 is 29.6 Å². The Bertz CT molecular complexity index is 1980. The van der Waals surface area contributed by atoms with E-state index in [1.807, 2.05) is 20.8 Å². The molecule has 4 heterocycles. The summed E-state index contributed by atoms with van der Waals surface area (Å²) >= 11 is 6.54. The number of guanidine groups is 1. The highest BCUT2D eigenvalue weighted by molar-refractivity contribution is 6.33. The molecule has 0 bridgehead atoms. The fraction of sp³-hybridized carbons (Fsp3) is 0.382. The first-order chi connectivity index (χ1) is 23.6. The number of carbonyl (C=O) groups excluding carboxylic acids is 2. The molecule has 2 aliphatic rings. The van der Waals surface area contributed by atoms with E-state index in [0.717, 1.165) is 0 Å². The van der Waals surface area contributed by atoms with Crippen LogP contribution >= 0.6 is 11.6 Å². The van der Waals surface area contributed by atoms with Gasteiger partial charge < -0.3 is 15.4 Å². The zero-order chi connectivity index (χ0) is 36.0. The highest BCUT2D eigenvalue weighted by Gasteiger charge is 2.53. The number of nitriles is 1. The molecule has 260 valence electrons. The van der Waals surface area contributed by atoms with Crippen molar-refractivity contribution in [2.75, 3.05) is 19.7 Å². The normalized spacial score (nSPS) is 19.3. The van der Waals surface area contributed by atoms with E-state index in [4.69, 9.17) is 27.1 Å². The summed E-state index contributed by atoms with van der Waals surface area (Å²) in [6.45, 7) is 5.05. The molecule has 2 aliphatic heterocycles. The Balaban J connectivity index is 1.37. The second-order valence-electron chi connectivity index (χ2n) is 14.0. The lowest BCUT2D eigenvalue weighted by Crippen LogP contribution is -2.56. The number of halogens is 3. The summed E-state index contributed by atoms with van der Waals surface area (Å²) in [6.07, 6.45) is 3.55. The van der Waals surface area contributed by atoms with Crippen molar-refractivity contribution < 1.29 is 23.1 Å². The van der Waals surface area contributed by atoms with Gasteiger partial charge in [0.1, 0.15) is 12.9 Å². The quantitative estimate of drug-likeness (QED) is 0.217. The topological polar surface area (TPSA) is 171 Å². The zero-order valence-corrected chi connectivity index (χ0v) is 28.5. The Morgan fingerprint density at radius 1 is 1.18 bits per heavy atom. The second kappa shape index (κ2) is 12.8. The first-order valence-corrected chi connectivity index (χ1v) is 16.1. The molecule has 50 heavy (non-hydrogen) atoms. The Hall–Kier alpha value is -5.36. The molecule has 16 heteroatoms. The third-order valence-corrected chi connectivity index (χ3v) is 9.07. The fourth-order valence-electron chi connectivity index (χ4n) is 6.43. The van der Waals surface area contributed by atoms with Gasteiger partial charge in [0, 0.05) is 30.4 Å². The number of aromatic amines is 1. The zero-order valence-electron chi connectivity index (χ0n) is 27.8. The number of alkyl halides is 2. The van der Waals surface area contributed by atoms with Gasteiger partial charge in [-0.2, -0.15) is 24.2 Å². The average molecular weight is 705 g/mol. The van der Waals surface area contributed by atoms with Gasteiger partial charge in [-0.15, -0.1) is 0 Å². The van der Waals surface area contributed by atoms with Gasteiger partial charge >= 0.3 is 12.6 Å². The van der Waals surface area contributed by atoms with Gasteiger partial charge in [0.2, 0.25) is 0 Å². The summed E-state index contributed by atoms with van der Waals surface area (Å²) in [5, 5.41) is 20.2. The Labute approximate surface area is 291 Å². The summed E-state index contributed by atoms with van der Waals surface area (Å²) in [4.78, 5) is 39.8. The molecule has 13 nitrogen and oxygen atoms in total. The van der Waals surface area contributed by atoms with Gasteiger partial charge in [-0.3, -0.25) is 14.8 Å². The Morgan fingerprint density at radius 3 is 2.50 bits per heavy atom. The molecule has 0 aliphatic carbocycles. The number of amides is 2. The van der Waals surface area contributed by atoms with Crippen LogP contribution in [0.3, 0.4) is 0 Å². The van der Waals surface area contributed by atoms with Gasteiger partial charge in [0.15, 0.2) is 17.3 Å². The third-order valence-electron chi connectivity index (χ3n) is 8.74. The molecule has 2 amide bonds. The smallest absolute Gasteiger partial charge is 0.409 e. The number of hydrogen-bond donors (Lipinski definition) is 2. The number of likely N-dealkylation sites (tertiary alicyclic amines) is 1. The monoisotopic (exact) mass is 704 g/mol. The lowest BCUT2D eigenvalue weighted by molar-refractivity contribution is -0.135. The SMILES string of the molecule is CC(C)(C)C[C@]1(c2ccc(-c3cnn(C(F)F)c3)cc2)N=C(N)N([C@H](COC(=O)N2CC(C)(C#N)C2)c2ccc(Cl)c(-c3ncn[nH]3)c2)C1=O. The first-order valence-electron chi connectivity index (χ1n) is 15.7. The average Bonchev–Trinajstić information content (AvgIpc) is 3.82. The lowest BCUT2D eigenvalue weighted by atomic mass is 9.75. The molecule has 0 spiro atoms. The molecule has 0 unspecified atom stereocenters. The second-order valence-corrected chi connectivity index (χ2v) is 14.4. The van der Waals surface area contributed by atoms with E-state index < -0.39 is 41.0 Å². The molecule has 0 saturated carbocycles. The highest BCUT2D eigenvalue weighted by atomic mass is 35.5. The maximum absolute atomic E-state index is 14.9. The summed E-state index contributed by atoms with van der Waals surface area (Å²) in [6, 6.07) is 13.2. The van der Waals surface area contributed by atoms with Crippen LogP contribution in [0.15, 0.2) is 66.2 Å². The van der Waals surface area contributed by atoms with Crippen LogP contribution in [-0.2, 0) is 15.1 Å². The minimum Gasteiger partial charge on any atom is -0.447 e. The molecule has 6 rings (SSSR count). The maximum Gasteiger partial charge on any atom is 0.409 e. The first kappa shape index (κ1) is 34.5. The van der Waals surface area contributed by atoms with Crippen LogP contribution in [0, 0.1) is 22.2 Å². The van der Waals surface area contributed by atoms with E-state index in [9.17, 15) is 23.6 Å². The van der Waals surface area contributed by atoms with E-state index in [-0.39, 0.29) is 32.1 Å². The van der Waals surface area contributed by atoms with Crippen LogP contribution in [0.1, 0.15) is 57.8 Å². The molecular formula is C34H35ClF2N10O3. The predicted molar refractivity (Wildman–Crippen MR) is 179 cm³/mol. The van der Waals surface area contributed by atoms with Crippen LogP contribution in [-0.4, -0.2) is 72.4 Å². The molecule has 2 aromatic heterocycles. The number of nitrogens with two attached hydrogens (primary N) is 1. The van der Waals surface area contributed by atoms with Gasteiger partial charge in [-0.25, -0.2) is 19.5 Å². The van der Waals surface area contributed by atoms with Crippen molar-refractivity contribution in [1.29, 1.82) is 5.26 Å². The maximum atomic E-state index is 14.9. The van der Waals surface area contributed by atoms with E-state index in [1.54, 1.807) is 49.4 Å². The molecule has 1 saturated heterocycles. The number of nitrogens with zero attached hydrogens (tertiary/aromatic N) is 8. The molecule has 2 atom stereocenters. The number of aromatic nitrogens is 5. The van der Waals surface area contributed by atoms with Crippen molar-refractivity contribution in [3.05, 3.63) is 77.3 Å². The van der Waals surface area contributed by atoms with Gasteiger partial charge in [-0.05, 0) is 47.6 Å². The molecular weight excluding hydrogens is 670 g/mol. The third kappa shape index (κ3) is 6.50. The highest BCUT2D eigenvalue weighted by Crippen LogP contribution is 2.45. The van der Waals surface area contributed by atoms with Gasteiger partial charge in [-0.1, -0.05) is 62.7 Å². The Morgan fingerprint density at radius 2 is 1.90 bits per heavy atom. The predicted octanol–water partition coefficient (Wildman–Crippen LogP) is 5.90. The van der Waals surface area contributed by atoms with Crippen molar-refractivity contribution in [3.63, 3.8) is 0 Å². The van der Waals surface area contributed by atoms with E-state index >= 15 is 0 Å². The van der Waals surface area contributed by atoms with E-state index in [2.05, 4.69) is 26.3 Å². The number of carbonyl (C=O) groups is 2. The summed E-state index contributed by atoms with van der Waals surface area (Å²) < 4.78 is 32.7. The van der Waals surface area contributed by atoms with Crippen molar-refractivity contribution in [2.45, 2.75) is 52.2 Å². The molecule has 0 radical (unpaired) electrons. The summed E-state index contributed by atoms with van der Waals surface area (Å²) in [5.41, 5.74) is 6.77. The number of ether oxygens (including phenoxy) is 1. The number of hydrogen-bond acceptors (Lipinski definition) is 9. The number of H-pyrrole nitrogens is 1. The van der Waals surface area contributed by atoms with Crippen molar-refractivity contribution in [1.82, 2.24) is 34.8 Å². The number of rotatable bonds is 9.